The fourth-order valence-corrected chi connectivity index (χ4v) is 3.36. The maximum atomic E-state index is 11.5. The molecule has 2 aromatic heterocycles. The lowest BCUT2D eigenvalue weighted by Gasteiger charge is -2.15. The number of fused-ring (bicyclic) bond motifs is 1. The first-order valence-electron chi connectivity index (χ1n) is 11.1. The summed E-state index contributed by atoms with van der Waals surface area (Å²) in [6, 6.07) is 11.3. The van der Waals surface area contributed by atoms with Gasteiger partial charge in [0, 0.05) is 18.1 Å². The fraction of sp³-hybridized carbons (Fsp3) is 0.240. The van der Waals surface area contributed by atoms with E-state index in [-0.39, 0.29) is 13.2 Å². The normalized spacial score (nSPS) is 11.6. The zero-order chi connectivity index (χ0) is 24.6. The highest BCUT2D eigenvalue weighted by Crippen LogP contribution is 2.32. The Hall–Kier alpha value is -4.31. The van der Waals surface area contributed by atoms with Crippen LogP contribution < -0.4 is 20.1 Å². The Bertz CT molecular complexity index is 1290. The zero-order valence-corrected chi connectivity index (χ0v) is 19.4. The number of carbonyl (C=O) groups excluding carboxylic acids is 1. The van der Waals surface area contributed by atoms with E-state index in [1.54, 1.807) is 18.6 Å². The summed E-state index contributed by atoms with van der Waals surface area (Å²) in [4.78, 5) is 28.6. The Balaban J connectivity index is 1.47. The van der Waals surface area contributed by atoms with Crippen LogP contribution in [0.15, 0.2) is 61.3 Å². The number of anilines is 2. The van der Waals surface area contributed by atoms with Gasteiger partial charge in [0.05, 0.1) is 29.3 Å². The van der Waals surface area contributed by atoms with Crippen molar-refractivity contribution in [1.29, 1.82) is 0 Å². The summed E-state index contributed by atoms with van der Waals surface area (Å²) in [5.41, 5.74) is 3.24. The van der Waals surface area contributed by atoms with Crippen LogP contribution in [0.4, 0.5) is 11.5 Å². The molecule has 10 heteroatoms. The van der Waals surface area contributed by atoms with Crippen molar-refractivity contribution in [2.75, 3.05) is 18.5 Å². The monoisotopic (exact) mass is 474 g/mol. The molecule has 0 fully saturated rings. The van der Waals surface area contributed by atoms with Gasteiger partial charge in [-0.15, -0.1) is 0 Å². The van der Waals surface area contributed by atoms with Gasteiger partial charge in [-0.2, -0.15) is 0 Å². The van der Waals surface area contributed by atoms with Crippen LogP contribution in [0.3, 0.4) is 0 Å². The van der Waals surface area contributed by atoms with Gasteiger partial charge in [0.15, 0.2) is 0 Å². The van der Waals surface area contributed by atoms with E-state index < -0.39 is 12.0 Å². The first kappa shape index (κ1) is 23.8. The number of hydrogen-bond donors (Lipinski definition) is 3. The van der Waals surface area contributed by atoms with E-state index >= 15 is 0 Å². The van der Waals surface area contributed by atoms with Gasteiger partial charge in [0.2, 0.25) is 5.91 Å². The van der Waals surface area contributed by atoms with Crippen molar-refractivity contribution in [1.82, 2.24) is 25.3 Å². The minimum absolute atomic E-state index is 0.225. The van der Waals surface area contributed by atoms with Gasteiger partial charge in [-0.3, -0.25) is 14.8 Å². The van der Waals surface area contributed by atoms with Gasteiger partial charge in [-0.25, -0.2) is 9.97 Å². The average Bonchev–Trinajstić information content (AvgIpc) is 2.86. The number of carbonyl (C=O) groups is 1. The third kappa shape index (κ3) is 6.18. The molecule has 1 unspecified atom stereocenters. The summed E-state index contributed by atoms with van der Waals surface area (Å²) in [6.45, 7) is 4.19. The number of nitrogens with zero attached hydrogens (tertiary/aromatic N) is 4. The molecule has 2 heterocycles. The molecule has 35 heavy (non-hydrogen) atoms. The maximum absolute atomic E-state index is 11.5. The van der Waals surface area contributed by atoms with Crippen molar-refractivity contribution in [3.8, 4) is 11.5 Å². The van der Waals surface area contributed by atoms with Crippen molar-refractivity contribution in [3.63, 3.8) is 0 Å². The molecule has 3 N–H and O–H groups in total. The Kier molecular flexibility index (Phi) is 7.63. The van der Waals surface area contributed by atoms with Crippen LogP contribution in [0.25, 0.3) is 10.9 Å². The number of nitrogens with one attached hydrogen (secondary N) is 2. The van der Waals surface area contributed by atoms with Crippen LogP contribution in [-0.2, 0) is 11.4 Å². The lowest BCUT2D eigenvalue weighted by molar-refractivity contribution is -0.128. The summed E-state index contributed by atoms with van der Waals surface area (Å²) >= 11 is 0. The Morgan fingerprint density at radius 1 is 1.09 bits per heavy atom. The minimum Gasteiger partial charge on any atom is -0.491 e. The molecule has 0 saturated carbocycles. The number of rotatable bonds is 10. The van der Waals surface area contributed by atoms with Crippen molar-refractivity contribution >= 4 is 28.3 Å². The van der Waals surface area contributed by atoms with Gasteiger partial charge in [-0.05, 0) is 49.7 Å². The van der Waals surface area contributed by atoms with Crippen molar-refractivity contribution in [2.24, 2.45) is 0 Å². The van der Waals surface area contributed by atoms with Gasteiger partial charge >= 0.3 is 0 Å². The highest BCUT2D eigenvalue weighted by molar-refractivity contribution is 5.95. The number of aromatic nitrogens is 4. The molecule has 1 amide bonds. The predicted octanol–water partition coefficient (Wildman–Crippen LogP) is 2.93. The molecular weight excluding hydrogens is 448 g/mol. The average molecular weight is 475 g/mol. The van der Waals surface area contributed by atoms with Crippen molar-refractivity contribution in [2.45, 2.75) is 26.6 Å². The van der Waals surface area contributed by atoms with Crippen LogP contribution in [0.1, 0.15) is 18.2 Å². The molecule has 1 atom stereocenters. The number of aliphatic hydroxyl groups is 1. The van der Waals surface area contributed by atoms with Crippen molar-refractivity contribution in [3.05, 3.63) is 72.6 Å². The lowest BCUT2D eigenvalue weighted by atomic mass is 10.1. The summed E-state index contributed by atoms with van der Waals surface area (Å²) in [5, 5.41) is 16.0. The quantitative estimate of drug-likeness (QED) is 0.297. The topological polar surface area (TPSA) is 131 Å². The maximum Gasteiger partial charge on any atom is 0.248 e. The summed E-state index contributed by atoms with van der Waals surface area (Å²) in [7, 11) is 0. The number of amides is 1. The summed E-state index contributed by atoms with van der Waals surface area (Å²) in [6.07, 6.45) is 5.35. The summed E-state index contributed by atoms with van der Waals surface area (Å²) < 4.78 is 11.8. The molecule has 4 aromatic rings. The number of ether oxygens (including phenoxy) is 2. The Labute approximate surface area is 202 Å². The lowest BCUT2D eigenvalue weighted by Crippen LogP contribution is -2.35. The molecule has 0 aliphatic heterocycles. The molecule has 10 nitrogen and oxygen atoms in total. The zero-order valence-electron chi connectivity index (χ0n) is 19.4. The fourth-order valence-electron chi connectivity index (χ4n) is 3.36. The molecule has 0 saturated heterocycles. The second-order valence-electron chi connectivity index (χ2n) is 7.78. The van der Waals surface area contributed by atoms with E-state index in [9.17, 15) is 9.90 Å². The van der Waals surface area contributed by atoms with E-state index in [2.05, 4.69) is 30.6 Å². The van der Waals surface area contributed by atoms with E-state index in [4.69, 9.17) is 9.47 Å². The molecular formula is C25H26N6O4. The second kappa shape index (κ2) is 11.2. The largest absolute Gasteiger partial charge is 0.491 e. The van der Waals surface area contributed by atoms with Gasteiger partial charge < -0.3 is 25.2 Å². The first-order chi connectivity index (χ1) is 17.0. The van der Waals surface area contributed by atoms with Crippen LogP contribution in [0.5, 0.6) is 11.5 Å². The van der Waals surface area contributed by atoms with Crippen LogP contribution in [0.2, 0.25) is 0 Å². The van der Waals surface area contributed by atoms with Crippen LogP contribution in [-0.4, -0.2) is 50.2 Å². The van der Waals surface area contributed by atoms with Gasteiger partial charge in [-0.1, -0.05) is 6.07 Å². The second-order valence-corrected chi connectivity index (χ2v) is 7.78. The van der Waals surface area contributed by atoms with Crippen molar-refractivity contribution < 1.29 is 19.4 Å². The first-order valence-corrected chi connectivity index (χ1v) is 11.1. The third-order valence-electron chi connectivity index (χ3n) is 5.09. The number of aryl methyl sites for hydroxylation is 1. The minimum atomic E-state index is -1.07. The van der Waals surface area contributed by atoms with E-state index in [1.807, 2.05) is 43.3 Å². The molecule has 0 radical (unpaired) electrons. The van der Waals surface area contributed by atoms with E-state index in [1.165, 1.54) is 13.3 Å². The van der Waals surface area contributed by atoms with E-state index in [0.717, 1.165) is 28.1 Å². The smallest absolute Gasteiger partial charge is 0.248 e. The Morgan fingerprint density at radius 3 is 2.74 bits per heavy atom. The molecule has 0 aliphatic carbocycles. The van der Waals surface area contributed by atoms with Crippen LogP contribution in [0, 0.1) is 6.92 Å². The standard InChI is InChI=1S/C25H26N6O4/c1-16-12-18(6-7-21(16)35-14-19-13-26-8-9-27-19)31-24-23-20(29-15-30-24)4-3-5-22(23)34-11-10-28-25(33)17(2)32/h3-9,12-13,15,17,32H,10-11,14H2,1-2H3,(H,28,33)(H,29,30,31). The number of hydrogen-bond acceptors (Lipinski definition) is 9. The highest BCUT2D eigenvalue weighted by atomic mass is 16.5. The highest BCUT2D eigenvalue weighted by Gasteiger charge is 2.12. The molecule has 0 bridgehead atoms. The molecule has 0 spiro atoms. The van der Waals surface area contributed by atoms with Gasteiger partial charge in [0.25, 0.3) is 0 Å². The number of benzene rings is 2. The van der Waals surface area contributed by atoms with Gasteiger partial charge in [0.1, 0.15) is 43.0 Å². The molecule has 4 rings (SSSR count). The van der Waals surface area contributed by atoms with Crippen LogP contribution >= 0.6 is 0 Å². The molecule has 0 aliphatic rings. The SMILES string of the molecule is Cc1cc(Nc2ncnc3cccc(OCCNC(=O)C(C)O)c23)ccc1OCc1cnccn1. The Morgan fingerprint density at radius 2 is 1.97 bits per heavy atom. The third-order valence-corrected chi connectivity index (χ3v) is 5.09. The molecule has 2 aromatic carbocycles. The molecule has 180 valence electrons. The summed E-state index contributed by atoms with van der Waals surface area (Å²) in [5.74, 6) is 1.47. The number of aliphatic hydroxyl groups excluding tert-OH is 1. The predicted molar refractivity (Wildman–Crippen MR) is 131 cm³/mol. The van der Waals surface area contributed by atoms with E-state index in [0.29, 0.717) is 23.7 Å².